The average Bonchev–Trinajstić information content (AvgIpc) is 2.93. The second kappa shape index (κ2) is 7.21. The van der Waals surface area contributed by atoms with Gasteiger partial charge < -0.3 is 14.3 Å². The number of aromatic nitrogens is 2. The van der Waals surface area contributed by atoms with Gasteiger partial charge in [0, 0.05) is 48.2 Å². The van der Waals surface area contributed by atoms with Crippen LogP contribution in [0, 0.1) is 12.9 Å². The van der Waals surface area contributed by atoms with Crippen molar-refractivity contribution in [1.29, 1.82) is 0 Å². The number of benzene rings is 1. The molecule has 1 fully saturated rings. The van der Waals surface area contributed by atoms with Crippen LogP contribution < -0.4 is 5.43 Å². The van der Waals surface area contributed by atoms with Crippen LogP contribution in [-0.4, -0.2) is 47.3 Å². The van der Waals surface area contributed by atoms with Crippen molar-refractivity contribution in [3.05, 3.63) is 46.1 Å². The summed E-state index contributed by atoms with van der Waals surface area (Å²) in [7, 11) is 0. The number of fused-ring (bicyclic) bond motifs is 3. The van der Waals surface area contributed by atoms with Crippen LogP contribution in [0.3, 0.4) is 0 Å². The molecule has 0 amide bonds. The van der Waals surface area contributed by atoms with Gasteiger partial charge in [-0.1, -0.05) is 0 Å². The highest BCUT2D eigenvalue weighted by Crippen LogP contribution is 2.30. The zero-order chi connectivity index (χ0) is 18.1. The van der Waals surface area contributed by atoms with Crippen LogP contribution in [0.15, 0.2) is 29.1 Å². The molecular weight excluding hydrogens is 333 g/mol. The number of H-pyrrole nitrogens is 1. The molecule has 1 saturated heterocycles. The fourth-order valence-corrected chi connectivity index (χ4v) is 3.97. The number of hydrogen-bond donors (Lipinski definition) is 1. The van der Waals surface area contributed by atoms with Gasteiger partial charge in [-0.2, -0.15) is 4.39 Å². The van der Waals surface area contributed by atoms with E-state index in [0.717, 1.165) is 79.7 Å². The first kappa shape index (κ1) is 17.2. The first-order chi connectivity index (χ1) is 12.6. The van der Waals surface area contributed by atoms with Gasteiger partial charge in [0.15, 0.2) is 11.4 Å². The summed E-state index contributed by atoms with van der Waals surface area (Å²) >= 11 is 0. The molecule has 5 nitrogen and oxygen atoms in total. The fraction of sp³-hybridized carbons (Fsp3) is 0.450. The number of unbranched alkanes of at least 4 members (excludes halogenated alkanes) is 1. The maximum absolute atomic E-state index is 13.9. The SMILES string of the molecule is Cc1[nH]c(F)cc2c3ccc(=O)cc3n(CCCCN3CCOCC3)c12. The molecule has 1 aliphatic heterocycles. The predicted molar refractivity (Wildman–Crippen MR) is 101 cm³/mol. The molecule has 0 atom stereocenters. The molecule has 0 radical (unpaired) electrons. The summed E-state index contributed by atoms with van der Waals surface area (Å²) in [6.45, 7) is 7.40. The van der Waals surface area contributed by atoms with Gasteiger partial charge in [-0.15, -0.1) is 0 Å². The molecule has 1 aliphatic rings. The highest BCUT2D eigenvalue weighted by molar-refractivity contribution is 6.08. The molecule has 0 spiro atoms. The smallest absolute Gasteiger partial charge is 0.191 e. The lowest BCUT2D eigenvalue weighted by molar-refractivity contribution is 0.0371. The van der Waals surface area contributed by atoms with E-state index >= 15 is 0 Å². The van der Waals surface area contributed by atoms with Crippen LogP contribution in [0.1, 0.15) is 18.5 Å². The van der Waals surface area contributed by atoms with Gasteiger partial charge in [-0.25, -0.2) is 0 Å². The molecule has 3 aromatic rings. The van der Waals surface area contributed by atoms with Crippen LogP contribution in [0.4, 0.5) is 4.39 Å². The molecule has 2 aromatic heterocycles. The minimum atomic E-state index is -0.354. The first-order valence-electron chi connectivity index (χ1n) is 9.25. The Bertz CT molecular complexity index is 986. The lowest BCUT2D eigenvalue weighted by Gasteiger charge is -2.26. The third-order valence-corrected chi connectivity index (χ3v) is 5.22. The summed E-state index contributed by atoms with van der Waals surface area (Å²) in [5, 5.41) is 1.80. The van der Waals surface area contributed by atoms with Crippen LogP contribution in [-0.2, 0) is 11.3 Å². The number of ether oxygens (including phenoxy) is 1. The number of halogens is 1. The lowest BCUT2D eigenvalue weighted by Crippen LogP contribution is -2.36. The number of pyridine rings is 1. The van der Waals surface area contributed by atoms with Crippen molar-refractivity contribution in [3.8, 4) is 0 Å². The monoisotopic (exact) mass is 357 g/mol. The summed E-state index contributed by atoms with van der Waals surface area (Å²) in [6, 6.07) is 6.55. The Kier molecular flexibility index (Phi) is 4.78. The molecule has 138 valence electrons. The maximum atomic E-state index is 13.9. The van der Waals surface area contributed by atoms with E-state index in [4.69, 9.17) is 4.74 Å². The minimum absolute atomic E-state index is 0.0167. The molecule has 0 bridgehead atoms. The van der Waals surface area contributed by atoms with Crippen LogP contribution in [0.2, 0.25) is 0 Å². The number of nitrogens with one attached hydrogen (secondary N) is 1. The Balaban J connectivity index is 1.62. The molecule has 0 aliphatic carbocycles. The molecular formula is C20H24FN3O2. The van der Waals surface area contributed by atoms with Crippen LogP contribution >= 0.6 is 0 Å². The summed E-state index contributed by atoms with van der Waals surface area (Å²) in [5.41, 5.74) is 2.65. The van der Waals surface area contributed by atoms with Gasteiger partial charge in [0.1, 0.15) is 0 Å². The van der Waals surface area contributed by atoms with Crippen LogP contribution in [0.25, 0.3) is 21.8 Å². The van der Waals surface area contributed by atoms with Crippen molar-refractivity contribution in [2.24, 2.45) is 0 Å². The van der Waals surface area contributed by atoms with E-state index in [1.165, 1.54) is 6.07 Å². The van der Waals surface area contributed by atoms with E-state index in [-0.39, 0.29) is 11.4 Å². The van der Waals surface area contributed by atoms with Crippen molar-refractivity contribution in [2.75, 3.05) is 32.8 Å². The molecule has 1 N–H and O–H groups in total. The molecule has 0 unspecified atom stereocenters. The standard InChI is InChI=1S/C20H24FN3O2/c1-14-20-17(13-19(21)22-14)16-5-4-15(25)12-18(16)24(20)7-3-2-6-23-8-10-26-11-9-23/h4-5,12-13,22H,2-3,6-11H2,1H3. The lowest BCUT2D eigenvalue weighted by atomic mass is 10.1. The molecule has 4 rings (SSSR count). The largest absolute Gasteiger partial charge is 0.379 e. The highest BCUT2D eigenvalue weighted by atomic mass is 19.1. The first-order valence-corrected chi connectivity index (χ1v) is 9.25. The molecule has 6 heteroatoms. The predicted octanol–water partition coefficient (Wildman–Crippen LogP) is 3.04. The maximum Gasteiger partial charge on any atom is 0.191 e. The van der Waals surface area contributed by atoms with Crippen molar-refractivity contribution in [2.45, 2.75) is 26.3 Å². The number of rotatable bonds is 5. The summed E-state index contributed by atoms with van der Waals surface area (Å²) in [4.78, 5) is 17.1. The van der Waals surface area contributed by atoms with Gasteiger partial charge in [0.05, 0.1) is 24.2 Å². The minimum Gasteiger partial charge on any atom is -0.379 e. The van der Waals surface area contributed by atoms with Crippen molar-refractivity contribution in [3.63, 3.8) is 0 Å². The Morgan fingerprint density at radius 2 is 1.88 bits per heavy atom. The summed E-state index contributed by atoms with van der Waals surface area (Å²) in [6.07, 6.45) is 2.10. The van der Waals surface area contributed by atoms with Gasteiger partial charge in [-0.05, 0) is 38.4 Å². The summed E-state index contributed by atoms with van der Waals surface area (Å²) in [5.74, 6) is -0.354. The van der Waals surface area contributed by atoms with Gasteiger partial charge in [-0.3, -0.25) is 9.69 Å². The van der Waals surface area contributed by atoms with Crippen molar-refractivity contribution < 1.29 is 9.13 Å². The van der Waals surface area contributed by atoms with E-state index in [1.54, 1.807) is 12.1 Å². The Labute approximate surface area is 151 Å². The molecule has 0 saturated carbocycles. The molecule has 1 aromatic carbocycles. The topological polar surface area (TPSA) is 50.3 Å². The average molecular weight is 357 g/mol. The van der Waals surface area contributed by atoms with Gasteiger partial charge in [0.2, 0.25) is 0 Å². The zero-order valence-electron chi connectivity index (χ0n) is 15.1. The normalized spacial score (nSPS) is 15.9. The molecule has 26 heavy (non-hydrogen) atoms. The fourth-order valence-electron chi connectivity index (χ4n) is 3.97. The van der Waals surface area contributed by atoms with Crippen molar-refractivity contribution >= 4 is 21.8 Å². The Morgan fingerprint density at radius 3 is 2.69 bits per heavy atom. The number of nitrogens with zero attached hydrogens (tertiary/aromatic N) is 2. The second-order valence-electron chi connectivity index (χ2n) is 7.00. The number of hydrogen-bond acceptors (Lipinski definition) is 3. The third kappa shape index (κ3) is 3.27. The number of aryl methyl sites for hydroxylation is 2. The Morgan fingerprint density at radius 1 is 1.12 bits per heavy atom. The van der Waals surface area contributed by atoms with E-state index in [9.17, 15) is 9.18 Å². The quantitative estimate of drug-likeness (QED) is 0.564. The number of morpholine rings is 1. The highest BCUT2D eigenvalue weighted by Gasteiger charge is 2.15. The van der Waals surface area contributed by atoms with E-state index in [1.807, 2.05) is 13.0 Å². The van der Waals surface area contributed by atoms with Gasteiger partial charge in [0.25, 0.3) is 0 Å². The van der Waals surface area contributed by atoms with E-state index in [0.29, 0.717) is 0 Å². The second-order valence-corrected chi connectivity index (χ2v) is 7.00. The van der Waals surface area contributed by atoms with Crippen LogP contribution in [0.5, 0.6) is 0 Å². The Hall–Kier alpha value is -2.18. The molecule has 3 heterocycles. The van der Waals surface area contributed by atoms with E-state index in [2.05, 4.69) is 14.5 Å². The number of aromatic amines is 1. The van der Waals surface area contributed by atoms with E-state index < -0.39 is 0 Å². The third-order valence-electron chi connectivity index (χ3n) is 5.22. The summed E-state index contributed by atoms with van der Waals surface area (Å²) < 4.78 is 21.4. The van der Waals surface area contributed by atoms with Gasteiger partial charge >= 0.3 is 0 Å². The van der Waals surface area contributed by atoms with Crippen molar-refractivity contribution in [1.82, 2.24) is 14.5 Å². The zero-order valence-corrected chi connectivity index (χ0v) is 15.1.